The van der Waals surface area contributed by atoms with E-state index < -0.39 is 6.04 Å². The summed E-state index contributed by atoms with van der Waals surface area (Å²) < 4.78 is 5.21. The molecule has 0 radical (unpaired) electrons. The molecule has 3 aromatic carbocycles. The minimum absolute atomic E-state index is 0.137. The molecular formula is C28H26N2O3S. The van der Waals surface area contributed by atoms with Gasteiger partial charge in [0.2, 0.25) is 11.8 Å². The molecule has 172 valence electrons. The first-order chi connectivity index (χ1) is 16.7. The summed E-state index contributed by atoms with van der Waals surface area (Å²) in [6, 6.07) is 29.4. The minimum atomic E-state index is -0.811. The Morgan fingerprint density at radius 2 is 1.56 bits per heavy atom. The fourth-order valence-electron chi connectivity index (χ4n) is 3.76. The molecule has 4 aromatic rings. The summed E-state index contributed by atoms with van der Waals surface area (Å²) in [5.41, 5.74) is 2.37. The zero-order chi connectivity index (χ0) is 23.8. The molecule has 1 N–H and O–H groups in total. The third kappa shape index (κ3) is 5.71. The summed E-state index contributed by atoms with van der Waals surface area (Å²) >= 11 is 1.53. The van der Waals surface area contributed by atoms with Crippen LogP contribution in [0.25, 0.3) is 0 Å². The zero-order valence-electron chi connectivity index (χ0n) is 18.9. The predicted octanol–water partition coefficient (Wildman–Crippen LogP) is 5.39. The van der Waals surface area contributed by atoms with Crippen molar-refractivity contribution in [1.29, 1.82) is 0 Å². The third-order valence-corrected chi connectivity index (χ3v) is 6.33. The van der Waals surface area contributed by atoms with E-state index in [0.29, 0.717) is 12.2 Å². The maximum atomic E-state index is 13.6. The highest BCUT2D eigenvalue weighted by molar-refractivity contribution is 7.10. The lowest BCUT2D eigenvalue weighted by Gasteiger charge is -2.31. The average molecular weight is 471 g/mol. The molecule has 1 atom stereocenters. The minimum Gasteiger partial charge on any atom is -0.497 e. The second kappa shape index (κ2) is 11.3. The summed E-state index contributed by atoms with van der Waals surface area (Å²) in [5.74, 6) is 0.374. The van der Waals surface area contributed by atoms with Crippen LogP contribution in [0.15, 0.2) is 102 Å². The fourth-order valence-corrected chi connectivity index (χ4v) is 4.45. The van der Waals surface area contributed by atoms with Gasteiger partial charge in [0.15, 0.2) is 0 Å². The number of rotatable bonds is 9. The Balaban J connectivity index is 1.65. The second-order valence-corrected chi connectivity index (χ2v) is 8.77. The molecule has 0 aliphatic heterocycles. The van der Waals surface area contributed by atoms with E-state index >= 15 is 0 Å². The lowest BCUT2D eigenvalue weighted by atomic mass is 10.0. The highest BCUT2D eigenvalue weighted by atomic mass is 32.1. The molecular weight excluding hydrogens is 444 g/mol. The number of nitrogens with one attached hydrogen (secondary N) is 1. The van der Waals surface area contributed by atoms with E-state index in [0.717, 1.165) is 21.8 Å². The van der Waals surface area contributed by atoms with E-state index in [1.165, 1.54) is 11.3 Å². The summed E-state index contributed by atoms with van der Waals surface area (Å²) in [6.07, 6.45) is 0.224. The zero-order valence-corrected chi connectivity index (χ0v) is 19.7. The van der Waals surface area contributed by atoms with Gasteiger partial charge in [0.1, 0.15) is 11.8 Å². The van der Waals surface area contributed by atoms with Crippen molar-refractivity contribution in [2.45, 2.75) is 19.0 Å². The average Bonchev–Trinajstić information content (AvgIpc) is 3.40. The molecule has 1 aromatic heterocycles. The normalized spacial score (nSPS) is 11.4. The molecule has 0 saturated heterocycles. The number of thiophene rings is 1. The standard InChI is InChI=1S/C28H26N2O3S/c1-33-24-16-14-21(15-17-24)20-29-28(32)27(22-9-4-2-5-10-22)30(23-11-6-3-7-12-23)26(31)19-25-13-8-18-34-25/h2-18,27H,19-20H2,1H3,(H,29,32). The molecule has 5 nitrogen and oxygen atoms in total. The van der Waals surface area contributed by atoms with Gasteiger partial charge in [0, 0.05) is 17.1 Å². The molecule has 0 spiro atoms. The topological polar surface area (TPSA) is 58.6 Å². The number of benzene rings is 3. The Kier molecular flexibility index (Phi) is 7.73. The monoisotopic (exact) mass is 470 g/mol. The molecule has 0 aliphatic rings. The number of methoxy groups -OCH3 is 1. The van der Waals surface area contributed by atoms with Crippen LogP contribution in [0.2, 0.25) is 0 Å². The largest absolute Gasteiger partial charge is 0.497 e. The maximum absolute atomic E-state index is 13.6. The van der Waals surface area contributed by atoms with Crippen LogP contribution in [-0.2, 0) is 22.6 Å². The van der Waals surface area contributed by atoms with E-state index in [4.69, 9.17) is 4.74 Å². The molecule has 2 amide bonds. The lowest BCUT2D eigenvalue weighted by Crippen LogP contribution is -2.44. The summed E-state index contributed by atoms with van der Waals surface area (Å²) in [5, 5.41) is 4.98. The fraction of sp³-hybridized carbons (Fsp3) is 0.143. The second-order valence-electron chi connectivity index (χ2n) is 7.73. The third-order valence-electron chi connectivity index (χ3n) is 5.46. The van der Waals surface area contributed by atoms with Crippen LogP contribution in [0.5, 0.6) is 5.75 Å². The van der Waals surface area contributed by atoms with Crippen molar-refractivity contribution in [3.8, 4) is 5.75 Å². The Hall–Kier alpha value is -3.90. The van der Waals surface area contributed by atoms with Gasteiger partial charge in [-0.05, 0) is 46.8 Å². The summed E-state index contributed by atoms with van der Waals surface area (Å²) in [6.45, 7) is 0.341. The van der Waals surface area contributed by atoms with Gasteiger partial charge in [-0.1, -0.05) is 66.7 Å². The van der Waals surface area contributed by atoms with Crippen LogP contribution < -0.4 is 15.0 Å². The van der Waals surface area contributed by atoms with Crippen molar-refractivity contribution in [3.63, 3.8) is 0 Å². The van der Waals surface area contributed by atoms with Crippen molar-refractivity contribution in [2.24, 2.45) is 0 Å². The molecule has 34 heavy (non-hydrogen) atoms. The van der Waals surface area contributed by atoms with Crippen molar-refractivity contribution < 1.29 is 14.3 Å². The molecule has 0 fully saturated rings. The number of carbonyl (C=O) groups is 2. The summed E-state index contributed by atoms with van der Waals surface area (Å²) in [4.78, 5) is 29.8. The molecule has 0 bridgehead atoms. The number of anilines is 1. The van der Waals surface area contributed by atoms with Crippen LogP contribution in [0.1, 0.15) is 22.0 Å². The van der Waals surface area contributed by atoms with Crippen LogP contribution in [0, 0.1) is 0 Å². The van der Waals surface area contributed by atoms with Crippen molar-refractivity contribution in [1.82, 2.24) is 5.32 Å². The first-order valence-corrected chi connectivity index (χ1v) is 11.9. The number of hydrogen-bond donors (Lipinski definition) is 1. The van der Waals surface area contributed by atoms with E-state index in [-0.39, 0.29) is 18.2 Å². The van der Waals surface area contributed by atoms with Crippen molar-refractivity contribution in [2.75, 3.05) is 12.0 Å². The van der Waals surface area contributed by atoms with Gasteiger partial charge in [0.05, 0.1) is 13.5 Å². The number of carbonyl (C=O) groups excluding carboxylic acids is 2. The Bertz CT molecular complexity index is 1190. The first-order valence-electron chi connectivity index (χ1n) is 11.0. The van der Waals surface area contributed by atoms with Crippen LogP contribution in [0.4, 0.5) is 5.69 Å². The molecule has 0 saturated carbocycles. The SMILES string of the molecule is COc1ccc(CNC(=O)C(c2ccccc2)N(C(=O)Cc2cccs2)c2ccccc2)cc1. The maximum Gasteiger partial charge on any atom is 0.248 e. The predicted molar refractivity (Wildman–Crippen MR) is 136 cm³/mol. The smallest absolute Gasteiger partial charge is 0.248 e. The number of ether oxygens (including phenoxy) is 1. The molecule has 1 unspecified atom stereocenters. The number of para-hydroxylation sites is 1. The molecule has 4 rings (SSSR count). The van der Waals surface area contributed by atoms with E-state index in [1.807, 2.05) is 102 Å². The Labute approximate surface area is 203 Å². The lowest BCUT2D eigenvalue weighted by molar-refractivity contribution is -0.126. The van der Waals surface area contributed by atoms with Gasteiger partial charge in [-0.25, -0.2) is 0 Å². The Morgan fingerprint density at radius 3 is 2.18 bits per heavy atom. The highest BCUT2D eigenvalue weighted by Gasteiger charge is 2.32. The van der Waals surface area contributed by atoms with Gasteiger partial charge in [-0.2, -0.15) is 0 Å². The van der Waals surface area contributed by atoms with Gasteiger partial charge in [-0.3, -0.25) is 14.5 Å². The number of nitrogens with zero attached hydrogens (tertiary/aromatic N) is 1. The summed E-state index contributed by atoms with van der Waals surface area (Å²) in [7, 11) is 1.62. The van der Waals surface area contributed by atoms with Crippen LogP contribution in [-0.4, -0.2) is 18.9 Å². The van der Waals surface area contributed by atoms with Crippen LogP contribution in [0.3, 0.4) is 0 Å². The molecule has 1 heterocycles. The molecule has 6 heteroatoms. The quantitative estimate of drug-likeness (QED) is 0.357. The molecule has 0 aliphatic carbocycles. The van der Waals surface area contributed by atoms with E-state index in [1.54, 1.807) is 12.0 Å². The first kappa shape index (κ1) is 23.3. The number of amides is 2. The van der Waals surface area contributed by atoms with E-state index in [2.05, 4.69) is 5.32 Å². The van der Waals surface area contributed by atoms with E-state index in [9.17, 15) is 9.59 Å². The van der Waals surface area contributed by atoms with Gasteiger partial charge in [0.25, 0.3) is 0 Å². The van der Waals surface area contributed by atoms with Crippen molar-refractivity contribution >= 4 is 28.8 Å². The van der Waals surface area contributed by atoms with Crippen molar-refractivity contribution in [3.05, 3.63) is 118 Å². The van der Waals surface area contributed by atoms with Gasteiger partial charge < -0.3 is 10.1 Å². The highest BCUT2D eigenvalue weighted by Crippen LogP contribution is 2.29. The van der Waals surface area contributed by atoms with Gasteiger partial charge in [-0.15, -0.1) is 11.3 Å². The number of hydrogen-bond acceptors (Lipinski definition) is 4. The van der Waals surface area contributed by atoms with Crippen LogP contribution >= 0.6 is 11.3 Å². The van der Waals surface area contributed by atoms with Gasteiger partial charge >= 0.3 is 0 Å². The Morgan fingerprint density at radius 1 is 0.882 bits per heavy atom.